The zero-order chi connectivity index (χ0) is 7.90. The van der Waals surface area contributed by atoms with E-state index in [0.717, 1.165) is 17.3 Å². The molecule has 0 heteroatoms. The molecular formula is C11H20. The van der Waals surface area contributed by atoms with Crippen molar-refractivity contribution in [1.82, 2.24) is 0 Å². The van der Waals surface area contributed by atoms with E-state index in [2.05, 4.69) is 13.8 Å². The van der Waals surface area contributed by atoms with Crippen LogP contribution in [0.3, 0.4) is 0 Å². The van der Waals surface area contributed by atoms with Gasteiger partial charge in [0.2, 0.25) is 0 Å². The SMILES string of the molecule is CC1CCCC2(C1)CC(C)C2. The molecule has 0 aromatic rings. The van der Waals surface area contributed by atoms with E-state index in [4.69, 9.17) is 0 Å². The van der Waals surface area contributed by atoms with Gasteiger partial charge in [0, 0.05) is 0 Å². The van der Waals surface area contributed by atoms with Crippen LogP contribution in [-0.2, 0) is 0 Å². The van der Waals surface area contributed by atoms with E-state index in [-0.39, 0.29) is 0 Å². The molecule has 0 amide bonds. The summed E-state index contributed by atoms with van der Waals surface area (Å²) in [5, 5.41) is 0. The Morgan fingerprint density at radius 3 is 2.18 bits per heavy atom. The molecule has 2 fully saturated rings. The van der Waals surface area contributed by atoms with Crippen LogP contribution in [0.25, 0.3) is 0 Å². The van der Waals surface area contributed by atoms with Crippen LogP contribution in [0.15, 0.2) is 0 Å². The van der Waals surface area contributed by atoms with Gasteiger partial charge < -0.3 is 0 Å². The van der Waals surface area contributed by atoms with Crippen molar-refractivity contribution in [3.8, 4) is 0 Å². The predicted molar refractivity (Wildman–Crippen MR) is 48.5 cm³/mol. The molecule has 0 saturated heterocycles. The molecule has 0 aliphatic heterocycles. The molecule has 1 spiro atoms. The van der Waals surface area contributed by atoms with E-state index in [1.165, 1.54) is 32.1 Å². The molecule has 2 rings (SSSR count). The zero-order valence-corrected chi connectivity index (χ0v) is 7.90. The average molecular weight is 152 g/mol. The van der Waals surface area contributed by atoms with Gasteiger partial charge in [-0.25, -0.2) is 0 Å². The van der Waals surface area contributed by atoms with Gasteiger partial charge >= 0.3 is 0 Å². The molecule has 0 N–H and O–H groups in total. The first-order valence-corrected chi connectivity index (χ1v) is 5.20. The molecule has 0 heterocycles. The second-order valence-corrected chi connectivity index (χ2v) is 5.21. The van der Waals surface area contributed by atoms with Crippen molar-refractivity contribution < 1.29 is 0 Å². The maximum Gasteiger partial charge on any atom is -0.0290 e. The highest BCUT2D eigenvalue weighted by atomic mass is 14.5. The first kappa shape index (κ1) is 7.64. The largest absolute Gasteiger partial charge is 0.0625 e. The quantitative estimate of drug-likeness (QED) is 0.497. The van der Waals surface area contributed by atoms with Crippen LogP contribution in [0.5, 0.6) is 0 Å². The van der Waals surface area contributed by atoms with E-state index in [9.17, 15) is 0 Å². The highest BCUT2D eigenvalue weighted by Gasteiger charge is 2.43. The fourth-order valence-corrected chi connectivity index (χ4v) is 3.56. The number of hydrogen-bond donors (Lipinski definition) is 0. The lowest BCUT2D eigenvalue weighted by Gasteiger charge is -2.51. The normalized spacial score (nSPS) is 50.7. The molecular weight excluding hydrogens is 132 g/mol. The Hall–Kier alpha value is 0. The lowest BCUT2D eigenvalue weighted by atomic mass is 9.55. The fraction of sp³-hybridized carbons (Fsp3) is 1.00. The molecule has 2 saturated carbocycles. The third kappa shape index (κ3) is 1.32. The predicted octanol–water partition coefficient (Wildman–Crippen LogP) is 3.61. The summed E-state index contributed by atoms with van der Waals surface area (Å²) >= 11 is 0. The van der Waals surface area contributed by atoms with Gasteiger partial charge in [0.1, 0.15) is 0 Å². The highest BCUT2D eigenvalue weighted by molar-refractivity contribution is 4.94. The van der Waals surface area contributed by atoms with Gasteiger partial charge in [-0.2, -0.15) is 0 Å². The summed E-state index contributed by atoms with van der Waals surface area (Å²) in [5.41, 5.74) is 0.844. The van der Waals surface area contributed by atoms with E-state index in [0.29, 0.717) is 0 Å². The van der Waals surface area contributed by atoms with Crippen LogP contribution in [0, 0.1) is 17.3 Å². The summed E-state index contributed by atoms with van der Waals surface area (Å²) in [6.45, 7) is 4.84. The second kappa shape index (κ2) is 2.50. The molecule has 0 aromatic heterocycles. The Morgan fingerprint density at radius 1 is 1.00 bits per heavy atom. The molecule has 0 bridgehead atoms. The highest BCUT2D eigenvalue weighted by Crippen LogP contribution is 2.55. The van der Waals surface area contributed by atoms with Crippen LogP contribution in [-0.4, -0.2) is 0 Å². The maximum absolute atomic E-state index is 2.43. The molecule has 0 nitrogen and oxygen atoms in total. The van der Waals surface area contributed by atoms with E-state index >= 15 is 0 Å². The van der Waals surface area contributed by atoms with Crippen molar-refractivity contribution in [2.24, 2.45) is 17.3 Å². The maximum atomic E-state index is 2.43. The van der Waals surface area contributed by atoms with Crippen molar-refractivity contribution in [2.45, 2.75) is 52.4 Å². The van der Waals surface area contributed by atoms with Gasteiger partial charge in [-0.15, -0.1) is 0 Å². The summed E-state index contributed by atoms with van der Waals surface area (Å²) in [6.07, 6.45) is 9.16. The molecule has 64 valence electrons. The lowest BCUT2D eigenvalue weighted by Crippen LogP contribution is -2.39. The van der Waals surface area contributed by atoms with Gasteiger partial charge in [0.05, 0.1) is 0 Å². The van der Waals surface area contributed by atoms with Gasteiger partial charge in [-0.1, -0.05) is 26.7 Å². The number of rotatable bonds is 0. The van der Waals surface area contributed by atoms with E-state index in [1.54, 1.807) is 6.42 Å². The van der Waals surface area contributed by atoms with Crippen molar-refractivity contribution in [1.29, 1.82) is 0 Å². The first-order chi connectivity index (χ1) is 5.20. The zero-order valence-electron chi connectivity index (χ0n) is 7.90. The molecule has 2 aliphatic carbocycles. The van der Waals surface area contributed by atoms with Crippen LogP contribution in [0.2, 0.25) is 0 Å². The standard InChI is InChI=1S/C11H20/c1-9-4-3-5-11(6-9)7-10(2)8-11/h9-10H,3-8H2,1-2H3. The topological polar surface area (TPSA) is 0 Å². The Labute approximate surface area is 70.4 Å². The molecule has 1 atom stereocenters. The Morgan fingerprint density at radius 2 is 1.64 bits per heavy atom. The first-order valence-electron chi connectivity index (χ1n) is 5.20. The monoisotopic (exact) mass is 152 g/mol. The van der Waals surface area contributed by atoms with E-state index in [1.807, 2.05) is 0 Å². The fourth-order valence-electron chi connectivity index (χ4n) is 3.56. The van der Waals surface area contributed by atoms with Crippen molar-refractivity contribution in [2.75, 3.05) is 0 Å². The van der Waals surface area contributed by atoms with Crippen LogP contribution < -0.4 is 0 Å². The lowest BCUT2D eigenvalue weighted by molar-refractivity contribution is 0.00481. The van der Waals surface area contributed by atoms with Gasteiger partial charge in [-0.3, -0.25) is 0 Å². The summed E-state index contributed by atoms with van der Waals surface area (Å²) in [7, 11) is 0. The summed E-state index contributed by atoms with van der Waals surface area (Å²) in [6, 6.07) is 0. The Balaban J connectivity index is 1.93. The van der Waals surface area contributed by atoms with Crippen LogP contribution in [0.1, 0.15) is 52.4 Å². The Bertz CT molecular complexity index is 137. The molecule has 0 radical (unpaired) electrons. The molecule has 2 aliphatic rings. The number of hydrogen-bond acceptors (Lipinski definition) is 0. The van der Waals surface area contributed by atoms with Crippen molar-refractivity contribution in [3.63, 3.8) is 0 Å². The van der Waals surface area contributed by atoms with Crippen LogP contribution in [0.4, 0.5) is 0 Å². The third-order valence-electron chi connectivity index (χ3n) is 3.75. The molecule has 11 heavy (non-hydrogen) atoms. The van der Waals surface area contributed by atoms with Gasteiger partial charge in [0.15, 0.2) is 0 Å². The minimum atomic E-state index is 0.844. The average Bonchev–Trinajstić information content (AvgIpc) is 1.84. The summed E-state index contributed by atoms with van der Waals surface area (Å²) in [4.78, 5) is 0. The van der Waals surface area contributed by atoms with Gasteiger partial charge in [-0.05, 0) is 42.9 Å². The summed E-state index contributed by atoms with van der Waals surface area (Å²) in [5.74, 6) is 2.07. The smallest absolute Gasteiger partial charge is 0.0290 e. The molecule has 1 unspecified atom stereocenters. The van der Waals surface area contributed by atoms with Crippen molar-refractivity contribution >= 4 is 0 Å². The minimum absolute atomic E-state index is 0.844. The van der Waals surface area contributed by atoms with Crippen molar-refractivity contribution in [3.05, 3.63) is 0 Å². The van der Waals surface area contributed by atoms with Crippen LogP contribution >= 0.6 is 0 Å². The summed E-state index contributed by atoms with van der Waals surface area (Å²) < 4.78 is 0. The molecule has 0 aromatic carbocycles. The Kier molecular flexibility index (Phi) is 1.74. The second-order valence-electron chi connectivity index (χ2n) is 5.21. The minimum Gasteiger partial charge on any atom is -0.0625 e. The van der Waals surface area contributed by atoms with Gasteiger partial charge in [0.25, 0.3) is 0 Å². The third-order valence-corrected chi connectivity index (χ3v) is 3.75. The van der Waals surface area contributed by atoms with E-state index < -0.39 is 0 Å².